The molecule has 0 fully saturated rings. The lowest BCUT2D eigenvalue weighted by atomic mass is 10.3. The van der Waals surface area contributed by atoms with Crippen LogP contribution in [0.25, 0.3) is 11.5 Å². The van der Waals surface area contributed by atoms with Gasteiger partial charge in [-0.1, -0.05) is 6.92 Å². The van der Waals surface area contributed by atoms with Crippen LogP contribution >= 0.6 is 0 Å². The van der Waals surface area contributed by atoms with Crippen molar-refractivity contribution in [1.82, 2.24) is 24.7 Å². The molecule has 2 heterocycles. The van der Waals surface area contributed by atoms with Crippen LogP contribution in [0.1, 0.15) is 29.7 Å². The molecule has 7 heteroatoms. The van der Waals surface area contributed by atoms with E-state index in [0.29, 0.717) is 11.5 Å². The molecule has 0 aliphatic carbocycles. The summed E-state index contributed by atoms with van der Waals surface area (Å²) in [6.07, 6.45) is 2.26. The van der Waals surface area contributed by atoms with E-state index < -0.39 is 5.97 Å². The average molecular weight is 235 g/mol. The molecule has 0 amide bonds. The van der Waals surface area contributed by atoms with Gasteiger partial charge in [-0.25, -0.2) is 9.78 Å². The minimum absolute atomic E-state index is 0.0368. The number of H-pyrrole nitrogens is 1. The van der Waals surface area contributed by atoms with Gasteiger partial charge in [0.2, 0.25) is 0 Å². The van der Waals surface area contributed by atoms with Crippen LogP contribution < -0.4 is 0 Å². The second kappa shape index (κ2) is 4.36. The van der Waals surface area contributed by atoms with Crippen LogP contribution in [0.5, 0.6) is 0 Å². The van der Waals surface area contributed by atoms with E-state index in [-0.39, 0.29) is 5.69 Å². The number of aromatic amines is 1. The highest BCUT2D eigenvalue weighted by Gasteiger charge is 2.20. The second-order valence-corrected chi connectivity index (χ2v) is 3.65. The number of hydrogen-bond acceptors (Lipinski definition) is 4. The number of aromatic carboxylic acids is 1. The molecule has 90 valence electrons. The zero-order chi connectivity index (χ0) is 12.4. The topological polar surface area (TPSA) is 96.7 Å². The highest BCUT2D eigenvalue weighted by atomic mass is 16.4. The van der Waals surface area contributed by atoms with Crippen molar-refractivity contribution in [3.8, 4) is 11.5 Å². The lowest BCUT2D eigenvalue weighted by Crippen LogP contribution is -2.06. The van der Waals surface area contributed by atoms with Crippen molar-refractivity contribution in [3.05, 3.63) is 17.8 Å². The summed E-state index contributed by atoms with van der Waals surface area (Å²) in [6.45, 7) is 4.60. The second-order valence-electron chi connectivity index (χ2n) is 3.65. The van der Waals surface area contributed by atoms with Gasteiger partial charge in [-0.05, 0) is 13.3 Å². The first-order valence-electron chi connectivity index (χ1n) is 5.32. The number of nitrogens with zero attached hydrogens (tertiary/aromatic N) is 4. The Labute approximate surface area is 97.5 Å². The van der Waals surface area contributed by atoms with Crippen LogP contribution in [0.15, 0.2) is 6.33 Å². The van der Waals surface area contributed by atoms with Gasteiger partial charge in [0.1, 0.15) is 11.5 Å². The van der Waals surface area contributed by atoms with E-state index in [1.165, 1.54) is 6.33 Å². The third-order valence-corrected chi connectivity index (χ3v) is 2.45. The van der Waals surface area contributed by atoms with Gasteiger partial charge in [0, 0.05) is 6.54 Å². The lowest BCUT2D eigenvalue weighted by Gasteiger charge is -2.05. The molecule has 17 heavy (non-hydrogen) atoms. The Morgan fingerprint density at radius 2 is 2.29 bits per heavy atom. The molecule has 2 aromatic rings. The van der Waals surface area contributed by atoms with Gasteiger partial charge in [-0.2, -0.15) is 0 Å². The number of aromatic nitrogens is 5. The van der Waals surface area contributed by atoms with E-state index in [1.807, 2.05) is 18.4 Å². The number of carboxylic acids is 1. The number of imidazole rings is 1. The van der Waals surface area contributed by atoms with Crippen molar-refractivity contribution in [1.29, 1.82) is 0 Å². The van der Waals surface area contributed by atoms with Crippen LogP contribution in [0, 0.1) is 6.92 Å². The lowest BCUT2D eigenvalue weighted by molar-refractivity contribution is 0.0692. The molecule has 0 saturated heterocycles. The summed E-state index contributed by atoms with van der Waals surface area (Å²) in [5.74, 6) is 0.186. The summed E-state index contributed by atoms with van der Waals surface area (Å²) in [6, 6.07) is 0. The molecule has 0 radical (unpaired) electrons. The maximum atomic E-state index is 11.0. The Balaban J connectivity index is 2.52. The van der Waals surface area contributed by atoms with Gasteiger partial charge < -0.3 is 14.7 Å². The van der Waals surface area contributed by atoms with Gasteiger partial charge in [-0.15, -0.1) is 10.2 Å². The third-order valence-electron chi connectivity index (χ3n) is 2.45. The number of nitrogens with one attached hydrogen (secondary N) is 1. The van der Waals surface area contributed by atoms with Crippen LogP contribution in [-0.4, -0.2) is 35.8 Å². The number of hydrogen-bond donors (Lipinski definition) is 2. The summed E-state index contributed by atoms with van der Waals surface area (Å²) >= 11 is 0. The quantitative estimate of drug-likeness (QED) is 0.826. The number of aryl methyl sites for hydroxylation is 1. The maximum absolute atomic E-state index is 11.0. The van der Waals surface area contributed by atoms with Crippen LogP contribution in [-0.2, 0) is 6.54 Å². The molecule has 0 bridgehead atoms. The maximum Gasteiger partial charge on any atom is 0.354 e. The molecule has 0 unspecified atom stereocenters. The van der Waals surface area contributed by atoms with E-state index in [9.17, 15) is 4.79 Å². The molecule has 2 rings (SSSR count). The fraction of sp³-hybridized carbons (Fsp3) is 0.400. The molecule has 2 N–H and O–H groups in total. The summed E-state index contributed by atoms with van der Waals surface area (Å²) in [4.78, 5) is 17.6. The van der Waals surface area contributed by atoms with Gasteiger partial charge in [0.05, 0.1) is 6.33 Å². The van der Waals surface area contributed by atoms with Crippen LogP contribution in [0.4, 0.5) is 0 Å². The zero-order valence-corrected chi connectivity index (χ0v) is 9.64. The standard InChI is InChI=1S/C10H13N5O2/c1-3-4-15-6(2)13-14-9(15)7-8(10(16)17)12-5-11-7/h5H,3-4H2,1-2H3,(H,11,12)(H,16,17). The zero-order valence-electron chi connectivity index (χ0n) is 9.64. The summed E-state index contributed by atoms with van der Waals surface area (Å²) in [5.41, 5.74) is 0.362. The van der Waals surface area contributed by atoms with Crippen molar-refractivity contribution in [3.63, 3.8) is 0 Å². The molecule has 0 aliphatic heterocycles. The number of carbonyl (C=O) groups is 1. The van der Waals surface area contributed by atoms with Crippen molar-refractivity contribution < 1.29 is 9.90 Å². The van der Waals surface area contributed by atoms with E-state index in [4.69, 9.17) is 5.11 Å². The van der Waals surface area contributed by atoms with Crippen molar-refractivity contribution in [2.45, 2.75) is 26.8 Å². The molecule has 0 spiro atoms. The Bertz CT molecular complexity index is 543. The first-order chi connectivity index (χ1) is 8.15. The SMILES string of the molecule is CCCn1c(C)nnc1-c1nc[nH]c1C(=O)O. The molecule has 0 saturated carbocycles. The van der Waals surface area contributed by atoms with E-state index in [2.05, 4.69) is 20.2 Å². The Morgan fingerprint density at radius 3 is 2.94 bits per heavy atom. The number of rotatable bonds is 4. The monoisotopic (exact) mass is 235 g/mol. The van der Waals surface area contributed by atoms with Gasteiger partial charge in [0.25, 0.3) is 0 Å². The number of carboxylic acid groups (broad SMARTS) is 1. The van der Waals surface area contributed by atoms with Crippen LogP contribution in [0.2, 0.25) is 0 Å². The molecule has 0 aromatic carbocycles. The van der Waals surface area contributed by atoms with Gasteiger partial charge in [0.15, 0.2) is 11.5 Å². The average Bonchev–Trinajstić information content (AvgIpc) is 2.87. The molecule has 0 atom stereocenters. The Morgan fingerprint density at radius 1 is 1.53 bits per heavy atom. The van der Waals surface area contributed by atoms with Crippen molar-refractivity contribution in [2.75, 3.05) is 0 Å². The Kier molecular flexibility index (Phi) is 2.90. The smallest absolute Gasteiger partial charge is 0.354 e. The third kappa shape index (κ3) is 1.91. The fourth-order valence-electron chi connectivity index (χ4n) is 1.67. The summed E-state index contributed by atoms with van der Waals surface area (Å²) in [7, 11) is 0. The normalized spacial score (nSPS) is 10.7. The van der Waals surface area contributed by atoms with Crippen molar-refractivity contribution in [2.24, 2.45) is 0 Å². The molecular weight excluding hydrogens is 222 g/mol. The van der Waals surface area contributed by atoms with Crippen LogP contribution in [0.3, 0.4) is 0 Å². The molecular formula is C10H13N5O2. The minimum Gasteiger partial charge on any atom is -0.477 e. The largest absolute Gasteiger partial charge is 0.477 e. The molecule has 0 aliphatic rings. The first-order valence-corrected chi connectivity index (χ1v) is 5.32. The first kappa shape index (κ1) is 11.3. The Hall–Kier alpha value is -2.18. The van der Waals surface area contributed by atoms with E-state index >= 15 is 0 Å². The van der Waals surface area contributed by atoms with Gasteiger partial charge >= 0.3 is 5.97 Å². The predicted octanol–water partition coefficient (Wildman–Crippen LogP) is 1.08. The highest BCUT2D eigenvalue weighted by Crippen LogP contribution is 2.19. The minimum atomic E-state index is -1.05. The van der Waals surface area contributed by atoms with E-state index in [1.54, 1.807) is 0 Å². The highest BCUT2D eigenvalue weighted by molar-refractivity contribution is 5.91. The molecule has 2 aromatic heterocycles. The van der Waals surface area contributed by atoms with Crippen molar-refractivity contribution >= 4 is 5.97 Å². The van der Waals surface area contributed by atoms with E-state index in [0.717, 1.165) is 18.8 Å². The van der Waals surface area contributed by atoms with Gasteiger partial charge in [-0.3, -0.25) is 0 Å². The fourth-order valence-corrected chi connectivity index (χ4v) is 1.67. The predicted molar refractivity (Wildman–Crippen MR) is 59.6 cm³/mol. The summed E-state index contributed by atoms with van der Waals surface area (Å²) < 4.78 is 1.86. The molecule has 7 nitrogen and oxygen atoms in total. The summed E-state index contributed by atoms with van der Waals surface area (Å²) in [5, 5.41) is 17.0.